The number of halogens is 1. The number of carbonyl (C=O) groups excluding carboxylic acids is 1. The van der Waals surface area contributed by atoms with E-state index < -0.39 is 0 Å². The summed E-state index contributed by atoms with van der Waals surface area (Å²) in [5.74, 6) is 1.07. The van der Waals surface area contributed by atoms with Crippen LogP contribution in [0.4, 0.5) is 0 Å². The van der Waals surface area contributed by atoms with Crippen LogP contribution in [-0.2, 0) is 17.6 Å². The number of ether oxygens (including phenoxy) is 1. The van der Waals surface area contributed by atoms with Crippen LogP contribution < -0.4 is 4.74 Å². The summed E-state index contributed by atoms with van der Waals surface area (Å²) >= 11 is 3.17. The molecule has 0 fully saturated rings. The minimum Gasteiger partial charge on any atom is -0.496 e. The van der Waals surface area contributed by atoms with E-state index in [0.717, 1.165) is 23.3 Å². The largest absolute Gasteiger partial charge is 0.496 e. The fourth-order valence-electron chi connectivity index (χ4n) is 1.63. The zero-order valence-corrected chi connectivity index (χ0v) is 10.6. The predicted octanol–water partition coefficient (Wildman–Crippen LogP) is 2.76. The summed E-state index contributed by atoms with van der Waals surface area (Å²) in [4.78, 5) is 11.4. The van der Waals surface area contributed by atoms with Crippen molar-refractivity contribution in [2.45, 2.75) is 19.8 Å². The van der Waals surface area contributed by atoms with Gasteiger partial charge in [0.1, 0.15) is 11.5 Å². The molecule has 2 nitrogen and oxygen atoms in total. The zero-order valence-electron chi connectivity index (χ0n) is 9.05. The molecular formula is C12H15BrO2. The highest BCUT2D eigenvalue weighted by Crippen LogP contribution is 2.23. The van der Waals surface area contributed by atoms with E-state index in [1.165, 1.54) is 0 Å². The molecule has 0 aliphatic heterocycles. The van der Waals surface area contributed by atoms with Gasteiger partial charge in [-0.2, -0.15) is 0 Å². The number of rotatable bonds is 5. The van der Waals surface area contributed by atoms with Crippen molar-refractivity contribution in [3.63, 3.8) is 0 Å². The first-order valence-electron chi connectivity index (χ1n) is 4.95. The number of alkyl halides is 1. The molecule has 1 aromatic rings. The van der Waals surface area contributed by atoms with E-state index in [4.69, 9.17) is 4.74 Å². The van der Waals surface area contributed by atoms with Crippen molar-refractivity contribution >= 4 is 21.7 Å². The Hall–Kier alpha value is -0.830. The first-order chi connectivity index (χ1) is 7.22. The van der Waals surface area contributed by atoms with Gasteiger partial charge < -0.3 is 4.74 Å². The third kappa shape index (κ3) is 3.06. The Morgan fingerprint density at radius 1 is 1.47 bits per heavy atom. The predicted molar refractivity (Wildman–Crippen MR) is 64.9 cm³/mol. The van der Waals surface area contributed by atoms with Crippen LogP contribution in [0, 0.1) is 0 Å². The van der Waals surface area contributed by atoms with E-state index in [1.807, 2.05) is 18.2 Å². The molecule has 0 atom stereocenters. The van der Waals surface area contributed by atoms with Crippen LogP contribution >= 0.6 is 15.9 Å². The average molecular weight is 271 g/mol. The van der Waals surface area contributed by atoms with Gasteiger partial charge in [0.2, 0.25) is 0 Å². The van der Waals surface area contributed by atoms with Gasteiger partial charge in [0, 0.05) is 6.42 Å². The lowest BCUT2D eigenvalue weighted by Crippen LogP contribution is -2.06. The summed E-state index contributed by atoms with van der Waals surface area (Å²) < 4.78 is 5.27. The number of ketones is 1. The normalized spacial score (nSPS) is 10.1. The van der Waals surface area contributed by atoms with Gasteiger partial charge >= 0.3 is 0 Å². The van der Waals surface area contributed by atoms with Crippen molar-refractivity contribution in [1.29, 1.82) is 0 Å². The molecule has 15 heavy (non-hydrogen) atoms. The van der Waals surface area contributed by atoms with E-state index in [0.29, 0.717) is 11.8 Å². The number of methoxy groups -OCH3 is 1. The maximum absolute atomic E-state index is 11.4. The van der Waals surface area contributed by atoms with E-state index in [-0.39, 0.29) is 5.78 Å². The lowest BCUT2D eigenvalue weighted by atomic mass is 10.00. The Morgan fingerprint density at radius 3 is 2.73 bits per heavy atom. The molecule has 0 spiro atoms. The van der Waals surface area contributed by atoms with Crippen LogP contribution in [0.25, 0.3) is 0 Å². The number of benzene rings is 1. The molecule has 0 heterocycles. The molecule has 3 heteroatoms. The summed E-state index contributed by atoms with van der Waals surface area (Å²) in [7, 11) is 1.66. The molecule has 1 aromatic carbocycles. The highest BCUT2D eigenvalue weighted by Gasteiger charge is 2.09. The molecule has 0 aliphatic rings. The van der Waals surface area contributed by atoms with Crippen molar-refractivity contribution < 1.29 is 9.53 Å². The SMILES string of the molecule is CCc1c(CC(=O)CBr)cccc1OC. The summed E-state index contributed by atoms with van der Waals surface area (Å²) in [5, 5.41) is 0.410. The quantitative estimate of drug-likeness (QED) is 0.770. The molecule has 82 valence electrons. The van der Waals surface area contributed by atoms with Gasteiger partial charge in [-0.05, 0) is 23.6 Å². The van der Waals surface area contributed by atoms with Crippen molar-refractivity contribution in [2.75, 3.05) is 12.4 Å². The highest BCUT2D eigenvalue weighted by molar-refractivity contribution is 9.09. The molecule has 0 aromatic heterocycles. The van der Waals surface area contributed by atoms with Crippen LogP contribution in [0.2, 0.25) is 0 Å². The second-order valence-electron chi connectivity index (χ2n) is 3.30. The van der Waals surface area contributed by atoms with Crippen molar-refractivity contribution in [1.82, 2.24) is 0 Å². The minimum absolute atomic E-state index is 0.193. The van der Waals surface area contributed by atoms with Gasteiger partial charge in [0.05, 0.1) is 12.4 Å². The van der Waals surface area contributed by atoms with Gasteiger partial charge in [0.25, 0.3) is 0 Å². The molecule has 0 N–H and O–H groups in total. The van der Waals surface area contributed by atoms with Gasteiger partial charge in [0.15, 0.2) is 0 Å². The Kier molecular flexibility index (Phi) is 4.82. The van der Waals surface area contributed by atoms with Crippen LogP contribution in [0.5, 0.6) is 5.75 Å². The van der Waals surface area contributed by atoms with E-state index in [9.17, 15) is 4.79 Å². The Labute approximate surface area is 98.8 Å². The number of hydrogen-bond acceptors (Lipinski definition) is 2. The van der Waals surface area contributed by atoms with Crippen molar-refractivity contribution in [2.24, 2.45) is 0 Å². The number of carbonyl (C=O) groups is 1. The molecule has 0 bridgehead atoms. The first-order valence-corrected chi connectivity index (χ1v) is 6.07. The molecule has 0 amide bonds. The fraction of sp³-hybridized carbons (Fsp3) is 0.417. The molecule has 1 rings (SSSR count). The topological polar surface area (TPSA) is 26.3 Å². The third-order valence-electron chi connectivity index (χ3n) is 2.34. The fourth-order valence-corrected chi connectivity index (χ4v) is 1.83. The van der Waals surface area contributed by atoms with Gasteiger partial charge in [-0.1, -0.05) is 35.0 Å². The lowest BCUT2D eigenvalue weighted by molar-refractivity contribution is -0.115. The van der Waals surface area contributed by atoms with Crippen LogP contribution in [-0.4, -0.2) is 18.2 Å². The lowest BCUT2D eigenvalue weighted by Gasteiger charge is -2.11. The van der Waals surface area contributed by atoms with Crippen molar-refractivity contribution in [3.05, 3.63) is 29.3 Å². The maximum Gasteiger partial charge on any atom is 0.147 e. The first kappa shape index (κ1) is 12.2. The highest BCUT2D eigenvalue weighted by atomic mass is 79.9. The second kappa shape index (κ2) is 5.91. The van der Waals surface area contributed by atoms with Crippen LogP contribution in [0.1, 0.15) is 18.1 Å². The van der Waals surface area contributed by atoms with E-state index in [2.05, 4.69) is 22.9 Å². The molecule has 0 saturated heterocycles. The standard InChI is InChI=1S/C12H15BrO2/c1-3-11-9(7-10(14)8-13)5-4-6-12(11)15-2/h4-6H,3,7-8H2,1-2H3. The number of Topliss-reactive ketones (excluding diaryl/α,β-unsaturated/α-hetero) is 1. The van der Waals surface area contributed by atoms with Gasteiger partial charge in [-0.15, -0.1) is 0 Å². The Balaban J connectivity index is 3.00. The molecule has 0 radical (unpaired) electrons. The molecular weight excluding hydrogens is 256 g/mol. The second-order valence-corrected chi connectivity index (χ2v) is 3.86. The molecule has 0 unspecified atom stereocenters. The third-order valence-corrected chi connectivity index (χ3v) is 2.97. The van der Waals surface area contributed by atoms with Crippen LogP contribution in [0.15, 0.2) is 18.2 Å². The smallest absolute Gasteiger partial charge is 0.147 e. The Bertz CT molecular complexity index is 347. The molecule has 0 aliphatic carbocycles. The Morgan fingerprint density at radius 2 is 2.20 bits per heavy atom. The van der Waals surface area contributed by atoms with Gasteiger partial charge in [-0.25, -0.2) is 0 Å². The average Bonchev–Trinajstić information content (AvgIpc) is 2.28. The molecule has 0 saturated carbocycles. The number of hydrogen-bond donors (Lipinski definition) is 0. The summed E-state index contributed by atoms with van der Waals surface area (Å²) in [5.41, 5.74) is 2.20. The maximum atomic E-state index is 11.4. The minimum atomic E-state index is 0.193. The monoisotopic (exact) mass is 270 g/mol. The summed E-state index contributed by atoms with van der Waals surface area (Å²) in [6, 6.07) is 5.84. The van der Waals surface area contributed by atoms with E-state index in [1.54, 1.807) is 7.11 Å². The van der Waals surface area contributed by atoms with Crippen LogP contribution in [0.3, 0.4) is 0 Å². The summed E-state index contributed by atoms with van der Waals surface area (Å²) in [6.07, 6.45) is 1.36. The zero-order chi connectivity index (χ0) is 11.3. The van der Waals surface area contributed by atoms with Crippen molar-refractivity contribution in [3.8, 4) is 5.75 Å². The summed E-state index contributed by atoms with van der Waals surface area (Å²) in [6.45, 7) is 2.07. The van der Waals surface area contributed by atoms with E-state index >= 15 is 0 Å². The van der Waals surface area contributed by atoms with Gasteiger partial charge in [-0.3, -0.25) is 4.79 Å².